The van der Waals surface area contributed by atoms with Crippen molar-refractivity contribution in [1.82, 2.24) is 0 Å². The van der Waals surface area contributed by atoms with Gasteiger partial charge in [-0.2, -0.15) is 13.2 Å². The molecule has 1 aromatic rings. The molecule has 1 aromatic carbocycles. The first-order valence-corrected chi connectivity index (χ1v) is 5.15. The highest BCUT2D eigenvalue weighted by molar-refractivity contribution is 8.08. The topological polar surface area (TPSA) is 17.1 Å². The molecule has 0 aliphatic heterocycles. The SMILES string of the molecule is O=S(Cl)c1ccccc1C(F)(F)F. The molecule has 0 radical (unpaired) electrons. The average molecular weight is 229 g/mol. The van der Waals surface area contributed by atoms with Crippen molar-refractivity contribution in [3.05, 3.63) is 29.8 Å². The van der Waals surface area contributed by atoms with E-state index in [9.17, 15) is 17.4 Å². The lowest BCUT2D eigenvalue weighted by molar-refractivity contribution is -0.139. The highest BCUT2D eigenvalue weighted by Gasteiger charge is 2.34. The van der Waals surface area contributed by atoms with Crippen molar-refractivity contribution in [2.75, 3.05) is 0 Å². The molecule has 1 unspecified atom stereocenters. The van der Waals surface area contributed by atoms with E-state index in [2.05, 4.69) is 0 Å². The summed E-state index contributed by atoms with van der Waals surface area (Å²) in [6.45, 7) is 0. The second-order valence-electron chi connectivity index (χ2n) is 2.22. The van der Waals surface area contributed by atoms with Crippen LogP contribution in [0, 0.1) is 0 Å². The van der Waals surface area contributed by atoms with Crippen molar-refractivity contribution in [2.45, 2.75) is 11.1 Å². The maximum atomic E-state index is 12.2. The van der Waals surface area contributed by atoms with Crippen LogP contribution in [-0.2, 0) is 16.2 Å². The molecule has 0 aromatic heterocycles. The molecule has 0 bridgehead atoms. The van der Waals surface area contributed by atoms with Gasteiger partial charge in [0.2, 0.25) is 0 Å². The highest BCUT2D eigenvalue weighted by Crippen LogP contribution is 2.33. The Morgan fingerprint density at radius 2 is 1.77 bits per heavy atom. The maximum absolute atomic E-state index is 12.2. The van der Waals surface area contributed by atoms with E-state index in [1.165, 1.54) is 12.1 Å². The van der Waals surface area contributed by atoms with Crippen LogP contribution in [0.5, 0.6) is 0 Å². The van der Waals surface area contributed by atoms with Gasteiger partial charge in [0.15, 0.2) is 0 Å². The Morgan fingerprint density at radius 1 is 1.23 bits per heavy atom. The molecule has 1 nitrogen and oxygen atoms in total. The Bertz CT molecular complexity index is 337. The largest absolute Gasteiger partial charge is 0.417 e. The zero-order valence-corrected chi connectivity index (χ0v) is 7.71. The molecule has 0 aliphatic rings. The monoisotopic (exact) mass is 228 g/mol. The molecule has 0 N–H and O–H groups in total. The van der Waals surface area contributed by atoms with Crippen molar-refractivity contribution < 1.29 is 17.4 Å². The Kier molecular flexibility index (Phi) is 2.98. The Hall–Kier alpha value is -0.550. The van der Waals surface area contributed by atoms with Gasteiger partial charge in [0, 0.05) is 0 Å². The van der Waals surface area contributed by atoms with Crippen LogP contribution in [0.2, 0.25) is 0 Å². The van der Waals surface area contributed by atoms with Crippen molar-refractivity contribution >= 4 is 20.7 Å². The third-order valence-corrected chi connectivity index (χ3v) is 2.57. The van der Waals surface area contributed by atoms with E-state index in [0.717, 1.165) is 12.1 Å². The third-order valence-electron chi connectivity index (χ3n) is 1.37. The molecule has 13 heavy (non-hydrogen) atoms. The molecule has 0 spiro atoms. The predicted octanol–water partition coefficient (Wildman–Crippen LogP) is 2.97. The van der Waals surface area contributed by atoms with Crippen LogP contribution in [0.3, 0.4) is 0 Å². The van der Waals surface area contributed by atoms with E-state index < -0.39 is 26.6 Å². The fraction of sp³-hybridized carbons (Fsp3) is 0.143. The van der Waals surface area contributed by atoms with E-state index in [1.807, 2.05) is 0 Å². The van der Waals surface area contributed by atoms with Gasteiger partial charge in [-0.25, -0.2) is 4.21 Å². The number of benzene rings is 1. The molecule has 1 rings (SSSR count). The second kappa shape index (κ2) is 3.67. The zero-order chi connectivity index (χ0) is 10.1. The van der Waals surface area contributed by atoms with Crippen LogP contribution in [0.1, 0.15) is 5.56 Å². The number of alkyl halides is 3. The first kappa shape index (κ1) is 10.5. The number of rotatable bonds is 1. The second-order valence-corrected chi connectivity index (χ2v) is 3.95. The van der Waals surface area contributed by atoms with Crippen molar-refractivity contribution in [3.8, 4) is 0 Å². The van der Waals surface area contributed by atoms with Gasteiger partial charge in [-0.05, 0) is 22.8 Å². The molecule has 0 fully saturated rings. The Morgan fingerprint density at radius 3 is 2.15 bits per heavy atom. The molecule has 72 valence electrons. The van der Waals surface area contributed by atoms with Gasteiger partial charge in [-0.15, -0.1) is 0 Å². The first-order chi connectivity index (χ1) is 5.93. The van der Waals surface area contributed by atoms with Gasteiger partial charge in [-0.1, -0.05) is 12.1 Å². The molecule has 0 saturated heterocycles. The molecule has 0 aliphatic carbocycles. The summed E-state index contributed by atoms with van der Waals surface area (Å²) in [5.74, 6) is 0. The van der Waals surface area contributed by atoms with Crippen molar-refractivity contribution in [2.24, 2.45) is 0 Å². The minimum absolute atomic E-state index is 0.406. The number of halogens is 4. The van der Waals surface area contributed by atoms with E-state index in [0.29, 0.717) is 0 Å². The van der Waals surface area contributed by atoms with Gasteiger partial charge in [0.25, 0.3) is 0 Å². The van der Waals surface area contributed by atoms with Crippen molar-refractivity contribution in [3.63, 3.8) is 0 Å². The summed E-state index contributed by atoms with van der Waals surface area (Å²) in [6.07, 6.45) is -4.51. The molecule has 0 amide bonds. The Balaban J connectivity index is 3.28. The highest BCUT2D eigenvalue weighted by atomic mass is 35.7. The first-order valence-electron chi connectivity index (χ1n) is 3.17. The molecule has 0 heterocycles. The van der Waals surface area contributed by atoms with Crippen LogP contribution in [0.25, 0.3) is 0 Å². The maximum Gasteiger partial charge on any atom is 0.417 e. The molecule has 0 saturated carbocycles. The van der Waals surface area contributed by atoms with E-state index >= 15 is 0 Å². The number of hydrogen-bond donors (Lipinski definition) is 0. The summed E-state index contributed by atoms with van der Waals surface area (Å²) in [7, 11) is 2.95. The van der Waals surface area contributed by atoms with Gasteiger partial charge in [0.1, 0.15) is 10.0 Å². The summed E-state index contributed by atoms with van der Waals surface area (Å²) in [6, 6.07) is 4.50. The Labute approximate surface area is 79.5 Å². The summed E-state index contributed by atoms with van der Waals surface area (Å²) < 4.78 is 47.3. The van der Waals surface area contributed by atoms with E-state index in [1.54, 1.807) is 0 Å². The van der Waals surface area contributed by atoms with Gasteiger partial charge >= 0.3 is 6.18 Å². The lowest BCUT2D eigenvalue weighted by atomic mass is 10.2. The summed E-state index contributed by atoms with van der Waals surface area (Å²) in [4.78, 5) is -0.406. The number of hydrogen-bond acceptors (Lipinski definition) is 1. The van der Waals surface area contributed by atoms with Crippen LogP contribution in [-0.4, -0.2) is 4.21 Å². The predicted molar refractivity (Wildman–Crippen MR) is 43.7 cm³/mol. The lowest BCUT2D eigenvalue weighted by Crippen LogP contribution is -2.08. The summed E-state index contributed by atoms with van der Waals surface area (Å²) in [5.41, 5.74) is -0.955. The molecular weight excluding hydrogens is 225 g/mol. The van der Waals surface area contributed by atoms with Gasteiger partial charge < -0.3 is 0 Å². The fourth-order valence-corrected chi connectivity index (χ4v) is 1.79. The fourth-order valence-electron chi connectivity index (χ4n) is 0.841. The molecular formula is C7H4ClF3OS. The van der Waals surface area contributed by atoms with E-state index in [4.69, 9.17) is 10.7 Å². The normalized spacial score (nSPS) is 14.2. The zero-order valence-electron chi connectivity index (χ0n) is 6.14. The van der Waals surface area contributed by atoms with Crippen LogP contribution in [0.4, 0.5) is 13.2 Å². The molecule has 6 heteroatoms. The third kappa shape index (κ3) is 2.45. The van der Waals surface area contributed by atoms with Crippen molar-refractivity contribution in [1.29, 1.82) is 0 Å². The summed E-state index contributed by atoms with van der Waals surface area (Å²) >= 11 is 0. The average Bonchev–Trinajstić information content (AvgIpc) is 2.03. The minimum atomic E-state index is -4.51. The standard InChI is InChI=1S/C7H4ClF3OS/c8-13(12)6-4-2-1-3-5(6)7(9,10)11/h1-4H. The summed E-state index contributed by atoms with van der Waals surface area (Å²) in [5, 5.41) is 0. The lowest BCUT2D eigenvalue weighted by Gasteiger charge is -2.08. The van der Waals surface area contributed by atoms with Gasteiger partial charge in [-0.3, -0.25) is 0 Å². The van der Waals surface area contributed by atoms with E-state index in [-0.39, 0.29) is 0 Å². The van der Waals surface area contributed by atoms with Crippen LogP contribution in [0.15, 0.2) is 29.2 Å². The smallest absolute Gasteiger partial charge is 0.237 e. The van der Waals surface area contributed by atoms with Crippen LogP contribution < -0.4 is 0 Å². The quantitative estimate of drug-likeness (QED) is 0.676. The minimum Gasteiger partial charge on any atom is -0.237 e. The molecule has 1 atom stereocenters. The van der Waals surface area contributed by atoms with Crippen LogP contribution >= 0.6 is 10.7 Å². The van der Waals surface area contributed by atoms with Gasteiger partial charge in [0.05, 0.1) is 10.5 Å².